The van der Waals surface area contributed by atoms with Gasteiger partial charge in [0.2, 0.25) is 0 Å². The van der Waals surface area contributed by atoms with Crippen LogP contribution in [0.15, 0.2) is 46.0 Å². The van der Waals surface area contributed by atoms with E-state index in [0.29, 0.717) is 24.3 Å². The van der Waals surface area contributed by atoms with Crippen LogP contribution >= 0.6 is 23.7 Å². The quantitative estimate of drug-likeness (QED) is 0.724. The lowest BCUT2D eigenvalue weighted by Gasteiger charge is -2.29. The van der Waals surface area contributed by atoms with E-state index in [-0.39, 0.29) is 27.9 Å². The van der Waals surface area contributed by atoms with E-state index in [1.165, 1.54) is 6.07 Å². The summed E-state index contributed by atoms with van der Waals surface area (Å²) in [5.41, 5.74) is 6.30. The lowest BCUT2D eigenvalue weighted by molar-refractivity contribution is 0.0740. The van der Waals surface area contributed by atoms with Gasteiger partial charge in [-0.1, -0.05) is 26.0 Å². The third-order valence-electron chi connectivity index (χ3n) is 3.69. The number of thiophene rings is 1. The fraction of sp³-hybridized carbons (Fsp3) is 0.353. The Labute approximate surface area is 164 Å². The van der Waals surface area contributed by atoms with E-state index in [9.17, 15) is 13.2 Å². The zero-order valence-corrected chi connectivity index (χ0v) is 17.4. The number of amides is 1. The number of anilines is 1. The van der Waals surface area contributed by atoms with Crippen molar-refractivity contribution in [2.24, 2.45) is 11.1 Å². The smallest absolute Gasteiger partial charge is 0.271 e. The summed E-state index contributed by atoms with van der Waals surface area (Å²) in [7, 11) is -1.93. The Kier molecular flexibility index (Phi) is 7.64. The van der Waals surface area contributed by atoms with Crippen LogP contribution in [0.1, 0.15) is 24.2 Å². The maximum absolute atomic E-state index is 12.6. The number of nitrogens with two attached hydrogens (primary N) is 1. The van der Waals surface area contributed by atoms with Crippen LogP contribution < -0.4 is 10.5 Å². The average Bonchev–Trinajstić information content (AvgIpc) is 3.09. The Morgan fingerprint density at radius 2 is 1.96 bits per heavy atom. The number of hydrogen-bond donors (Lipinski definition) is 2. The van der Waals surface area contributed by atoms with E-state index in [4.69, 9.17) is 5.73 Å². The molecule has 0 saturated carbocycles. The van der Waals surface area contributed by atoms with Gasteiger partial charge in [0.15, 0.2) is 0 Å². The highest BCUT2D eigenvalue weighted by atomic mass is 35.5. The highest BCUT2D eigenvalue weighted by Crippen LogP contribution is 2.22. The van der Waals surface area contributed by atoms with Gasteiger partial charge in [0, 0.05) is 24.8 Å². The fourth-order valence-electron chi connectivity index (χ4n) is 2.34. The van der Waals surface area contributed by atoms with Gasteiger partial charge in [-0.2, -0.15) is 0 Å². The molecule has 0 aliphatic rings. The number of carbonyl (C=O) groups excluding carboxylic acids is 1. The molecule has 1 amide bonds. The molecule has 9 heteroatoms. The predicted octanol–water partition coefficient (Wildman–Crippen LogP) is 3.03. The molecule has 2 rings (SSSR count). The van der Waals surface area contributed by atoms with Gasteiger partial charge in [0.25, 0.3) is 15.9 Å². The molecule has 1 aromatic heterocycles. The number of hydrogen-bond acceptors (Lipinski definition) is 5. The molecule has 26 heavy (non-hydrogen) atoms. The molecule has 0 saturated heterocycles. The molecule has 144 valence electrons. The summed E-state index contributed by atoms with van der Waals surface area (Å²) in [5.74, 6) is -0.182. The van der Waals surface area contributed by atoms with Crippen molar-refractivity contribution in [2.45, 2.75) is 18.1 Å². The highest BCUT2D eigenvalue weighted by Gasteiger charge is 2.22. The number of nitrogens with zero attached hydrogens (tertiary/aromatic N) is 1. The molecule has 1 heterocycles. The van der Waals surface area contributed by atoms with Crippen molar-refractivity contribution in [3.05, 3.63) is 47.3 Å². The molecule has 0 spiro atoms. The Bertz CT molecular complexity index is 837. The van der Waals surface area contributed by atoms with Crippen LogP contribution in [-0.2, 0) is 10.0 Å². The van der Waals surface area contributed by atoms with Crippen LogP contribution in [0.5, 0.6) is 0 Å². The van der Waals surface area contributed by atoms with Gasteiger partial charge in [0.05, 0.1) is 0 Å². The Balaban J connectivity index is 0.00000338. The number of carbonyl (C=O) groups is 1. The second kappa shape index (κ2) is 8.85. The Morgan fingerprint density at radius 3 is 2.54 bits per heavy atom. The summed E-state index contributed by atoms with van der Waals surface area (Å²) in [5, 5.41) is 1.70. The zero-order chi connectivity index (χ0) is 18.7. The van der Waals surface area contributed by atoms with E-state index in [0.717, 1.165) is 11.3 Å². The van der Waals surface area contributed by atoms with Gasteiger partial charge in [-0.15, -0.1) is 23.7 Å². The number of rotatable bonds is 7. The Morgan fingerprint density at radius 1 is 1.27 bits per heavy atom. The van der Waals surface area contributed by atoms with Crippen molar-refractivity contribution in [3.8, 4) is 0 Å². The summed E-state index contributed by atoms with van der Waals surface area (Å²) < 4.78 is 27.3. The van der Waals surface area contributed by atoms with Gasteiger partial charge in [-0.05, 0) is 41.6 Å². The van der Waals surface area contributed by atoms with Crippen LogP contribution in [0.4, 0.5) is 5.69 Å². The molecule has 3 N–H and O–H groups in total. The largest absolute Gasteiger partial charge is 0.341 e. The summed E-state index contributed by atoms with van der Waals surface area (Å²) in [6.45, 7) is 4.95. The summed E-state index contributed by atoms with van der Waals surface area (Å²) >= 11 is 1.14. The van der Waals surface area contributed by atoms with Gasteiger partial charge in [-0.25, -0.2) is 8.42 Å². The van der Waals surface area contributed by atoms with E-state index < -0.39 is 10.0 Å². The highest BCUT2D eigenvalue weighted by molar-refractivity contribution is 7.94. The second-order valence-electron chi connectivity index (χ2n) is 6.65. The molecule has 0 unspecified atom stereocenters. The van der Waals surface area contributed by atoms with Crippen LogP contribution in [0.3, 0.4) is 0 Å². The second-order valence-corrected chi connectivity index (χ2v) is 9.50. The summed E-state index contributed by atoms with van der Waals surface area (Å²) in [6, 6.07) is 9.68. The first kappa shape index (κ1) is 22.4. The first-order valence-corrected chi connectivity index (χ1v) is 10.1. The molecule has 1 aromatic carbocycles. The predicted molar refractivity (Wildman–Crippen MR) is 109 cm³/mol. The molecule has 6 nitrogen and oxygen atoms in total. The molecule has 0 atom stereocenters. The maximum Gasteiger partial charge on any atom is 0.271 e. The standard InChI is InChI=1S/C17H23N3O3S2.ClH/c1-17(2,11-18)12-20(3)16(21)13-6-4-7-14(10-13)19-25(22,23)15-8-5-9-24-15;/h4-10,19H,11-12,18H2,1-3H3;1H. The van der Waals surface area contributed by atoms with Gasteiger partial charge in [0.1, 0.15) is 4.21 Å². The first-order valence-electron chi connectivity index (χ1n) is 7.76. The van der Waals surface area contributed by atoms with Crippen molar-refractivity contribution < 1.29 is 13.2 Å². The van der Waals surface area contributed by atoms with E-state index >= 15 is 0 Å². The monoisotopic (exact) mass is 417 g/mol. The van der Waals surface area contributed by atoms with Gasteiger partial charge >= 0.3 is 0 Å². The fourth-order valence-corrected chi connectivity index (χ4v) is 4.38. The van der Waals surface area contributed by atoms with Gasteiger partial charge < -0.3 is 10.6 Å². The summed E-state index contributed by atoms with van der Waals surface area (Å²) in [4.78, 5) is 14.2. The normalized spacial score (nSPS) is 11.5. The molecule has 0 bridgehead atoms. The number of halogens is 1. The molecular formula is C17H24ClN3O3S2. The molecule has 2 aromatic rings. The van der Waals surface area contributed by atoms with E-state index in [1.54, 1.807) is 47.7 Å². The van der Waals surface area contributed by atoms with Crippen molar-refractivity contribution >= 4 is 45.4 Å². The number of benzene rings is 1. The number of nitrogens with one attached hydrogen (secondary N) is 1. The third kappa shape index (κ3) is 5.70. The van der Waals surface area contributed by atoms with Crippen LogP contribution in [-0.4, -0.2) is 39.4 Å². The van der Waals surface area contributed by atoms with E-state index in [1.807, 2.05) is 13.8 Å². The molecule has 0 aliphatic carbocycles. The minimum atomic E-state index is -3.64. The average molecular weight is 418 g/mol. The molecule has 0 aliphatic heterocycles. The zero-order valence-electron chi connectivity index (χ0n) is 14.9. The minimum Gasteiger partial charge on any atom is -0.341 e. The van der Waals surface area contributed by atoms with Crippen LogP contribution in [0.25, 0.3) is 0 Å². The van der Waals surface area contributed by atoms with Crippen LogP contribution in [0.2, 0.25) is 0 Å². The molecule has 0 fully saturated rings. The summed E-state index contributed by atoms with van der Waals surface area (Å²) in [6.07, 6.45) is 0. The van der Waals surface area contributed by atoms with Crippen molar-refractivity contribution in [1.82, 2.24) is 4.90 Å². The minimum absolute atomic E-state index is 0. The first-order chi connectivity index (χ1) is 11.6. The number of sulfonamides is 1. The van der Waals surface area contributed by atoms with Crippen LogP contribution in [0, 0.1) is 5.41 Å². The van der Waals surface area contributed by atoms with Crippen molar-refractivity contribution in [3.63, 3.8) is 0 Å². The lowest BCUT2D eigenvalue weighted by atomic mass is 9.93. The maximum atomic E-state index is 12.6. The Hall–Kier alpha value is -1.61. The SMILES string of the molecule is CN(CC(C)(C)CN)C(=O)c1cccc(NS(=O)(=O)c2cccs2)c1.Cl. The molecule has 0 radical (unpaired) electrons. The van der Waals surface area contributed by atoms with Crippen molar-refractivity contribution in [2.75, 3.05) is 24.9 Å². The lowest BCUT2D eigenvalue weighted by Crippen LogP contribution is -2.39. The topological polar surface area (TPSA) is 92.5 Å². The van der Waals surface area contributed by atoms with E-state index in [2.05, 4.69) is 4.72 Å². The third-order valence-corrected chi connectivity index (χ3v) is 6.46. The van der Waals surface area contributed by atoms with Gasteiger partial charge in [-0.3, -0.25) is 9.52 Å². The molecular weight excluding hydrogens is 394 g/mol. The van der Waals surface area contributed by atoms with Crippen molar-refractivity contribution in [1.29, 1.82) is 0 Å².